The number of ether oxygens (including phenoxy) is 2. The largest absolute Gasteiger partial charge is 0.454 e. The molecule has 31 heavy (non-hydrogen) atoms. The molecule has 0 spiro atoms. The van der Waals surface area contributed by atoms with Crippen molar-refractivity contribution in [1.29, 1.82) is 0 Å². The number of hydrogen-bond acceptors (Lipinski definition) is 8. The predicted octanol–water partition coefficient (Wildman–Crippen LogP) is 2.49. The molecule has 1 atom stereocenters. The van der Waals surface area contributed by atoms with Crippen LogP contribution in [0.2, 0.25) is 0 Å². The molecule has 1 aliphatic heterocycles. The summed E-state index contributed by atoms with van der Waals surface area (Å²) in [6.07, 6.45) is 0. The molecular formula is C20H18N2O6S3. The molecule has 0 fully saturated rings. The highest BCUT2D eigenvalue weighted by atomic mass is 32.2. The van der Waals surface area contributed by atoms with E-state index >= 15 is 0 Å². The van der Waals surface area contributed by atoms with Gasteiger partial charge in [-0.15, -0.1) is 22.7 Å². The third-order valence-electron chi connectivity index (χ3n) is 4.55. The van der Waals surface area contributed by atoms with Gasteiger partial charge >= 0.3 is 11.8 Å². The van der Waals surface area contributed by atoms with Gasteiger partial charge in [-0.3, -0.25) is 9.59 Å². The number of carbonyl (C=O) groups is 2. The molecule has 1 unspecified atom stereocenters. The highest BCUT2D eigenvalue weighted by Crippen LogP contribution is 2.34. The summed E-state index contributed by atoms with van der Waals surface area (Å²) in [6.45, 7) is 0.0507. The third-order valence-corrected chi connectivity index (χ3v) is 9.20. The number of thiophene rings is 2. The monoisotopic (exact) mass is 478 g/mol. The van der Waals surface area contributed by atoms with E-state index < -0.39 is 26.9 Å². The van der Waals surface area contributed by atoms with Crippen LogP contribution in [-0.2, 0) is 26.0 Å². The second-order valence-electron chi connectivity index (χ2n) is 6.56. The molecule has 3 heterocycles. The number of amides is 2. The van der Waals surface area contributed by atoms with Crippen molar-refractivity contribution in [2.45, 2.75) is 16.0 Å². The number of hydrogen-bond donors (Lipinski definition) is 2. The lowest BCUT2D eigenvalue weighted by Crippen LogP contribution is -2.41. The number of sulfone groups is 1. The maximum atomic E-state index is 13.0. The van der Waals surface area contributed by atoms with E-state index in [0.29, 0.717) is 16.4 Å². The van der Waals surface area contributed by atoms with Crippen LogP contribution in [0.25, 0.3) is 0 Å². The fourth-order valence-corrected chi connectivity index (χ4v) is 6.97. The Morgan fingerprint density at radius 3 is 2.45 bits per heavy atom. The van der Waals surface area contributed by atoms with Crippen molar-refractivity contribution in [2.75, 3.05) is 13.3 Å². The zero-order valence-corrected chi connectivity index (χ0v) is 18.5. The van der Waals surface area contributed by atoms with Gasteiger partial charge in [0, 0.05) is 18.0 Å². The van der Waals surface area contributed by atoms with Crippen LogP contribution in [0, 0.1) is 0 Å². The normalized spacial score (nSPS) is 13.5. The summed E-state index contributed by atoms with van der Waals surface area (Å²) in [4.78, 5) is 25.1. The van der Waals surface area contributed by atoms with Crippen LogP contribution in [0.3, 0.4) is 0 Å². The maximum Gasteiger partial charge on any atom is 0.309 e. The Balaban J connectivity index is 1.38. The van der Waals surface area contributed by atoms with E-state index in [4.69, 9.17) is 9.47 Å². The maximum absolute atomic E-state index is 13.0. The number of carbonyl (C=O) groups excluding carboxylic acids is 2. The van der Waals surface area contributed by atoms with Gasteiger partial charge in [0.1, 0.15) is 9.46 Å². The molecule has 2 amide bonds. The van der Waals surface area contributed by atoms with Gasteiger partial charge in [-0.05, 0) is 40.6 Å². The van der Waals surface area contributed by atoms with Gasteiger partial charge in [0.15, 0.2) is 21.3 Å². The summed E-state index contributed by atoms with van der Waals surface area (Å²) in [5, 5.41) is 7.45. The van der Waals surface area contributed by atoms with Crippen molar-refractivity contribution in [1.82, 2.24) is 10.6 Å². The molecule has 1 aliphatic rings. The van der Waals surface area contributed by atoms with Crippen LogP contribution >= 0.6 is 22.7 Å². The molecule has 4 rings (SSSR count). The van der Waals surface area contributed by atoms with Crippen LogP contribution in [0.1, 0.15) is 15.7 Å². The minimum Gasteiger partial charge on any atom is -0.454 e. The van der Waals surface area contributed by atoms with Gasteiger partial charge < -0.3 is 20.1 Å². The first-order chi connectivity index (χ1) is 14.9. The van der Waals surface area contributed by atoms with Crippen LogP contribution in [0.15, 0.2) is 57.4 Å². The van der Waals surface area contributed by atoms with Crippen molar-refractivity contribution in [3.8, 4) is 11.5 Å². The molecule has 0 saturated heterocycles. The van der Waals surface area contributed by atoms with Gasteiger partial charge in [0.25, 0.3) is 0 Å². The SMILES string of the molecule is O=C(NCc1ccc2c(c1)OCO2)C(=O)NCC(c1cccs1)S(=O)(=O)c1cccs1. The fourth-order valence-electron chi connectivity index (χ4n) is 2.98. The van der Waals surface area contributed by atoms with Crippen molar-refractivity contribution in [3.05, 3.63) is 63.7 Å². The lowest BCUT2D eigenvalue weighted by Gasteiger charge is -2.16. The van der Waals surface area contributed by atoms with Crippen LogP contribution in [0.5, 0.6) is 11.5 Å². The van der Waals surface area contributed by atoms with Crippen molar-refractivity contribution < 1.29 is 27.5 Å². The van der Waals surface area contributed by atoms with Crippen LogP contribution in [-0.4, -0.2) is 33.6 Å². The van der Waals surface area contributed by atoms with Gasteiger partial charge in [-0.2, -0.15) is 0 Å². The number of rotatable bonds is 7. The van der Waals surface area contributed by atoms with Crippen molar-refractivity contribution >= 4 is 44.3 Å². The smallest absolute Gasteiger partial charge is 0.309 e. The van der Waals surface area contributed by atoms with E-state index in [9.17, 15) is 18.0 Å². The Morgan fingerprint density at radius 1 is 0.968 bits per heavy atom. The summed E-state index contributed by atoms with van der Waals surface area (Å²) in [6, 6.07) is 11.8. The van der Waals surface area contributed by atoms with E-state index in [2.05, 4.69) is 10.6 Å². The lowest BCUT2D eigenvalue weighted by atomic mass is 10.2. The van der Waals surface area contributed by atoms with Gasteiger partial charge in [0.05, 0.1) is 0 Å². The third kappa shape index (κ3) is 4.73. The second kappa shape index (κ2) is 9.08. The average Bonchev–Trinajstić information content (AvgIpc) is 3.53. The highest BCUT2D eigenvalue weighted by Gasteiger charge is 2.31. The van der Waals surface area contributed by atoms with Crippen molar-refractivity contribution in [3.63, 3.8) is 0 Å². The first-order valence-electron chi connectivity index (χ1n) is 9.20. The van der Waals surface area contributed by atoms with Crippen LogP contribution < -0.4 is 20.1 Å². The van der Waals surface area contributed by atoms with E-state index in [1.165, 1.54) is 17.4 Å². The molecule has 11 heteroatoms. The molecule has 0 radical (unpaired) electrons. The molecule has 3 aromatic rings. The molecule has 2 aromatic heterocycles. The molecule has 162 valence electrons. The quantitative estimate of drug-likeness (QED) is 0.505. The Morgan fingerprint density at radius 2 is 1.71 bits per heavy atom. The Hall–Kier alpha value is -2.89. The van der Waals surface area contributed by atoms with E-state index in [-0.39, 0.29) is 24.1 Å². The van der Waals surface area contributed by atoms with E-state index in [1.54, 1.807) is 47.2 Å². The number of benzene rings is 1. The second-order valence-corrected chi connectivity index (χ2v) is 10.8. The zero-order chi connectivity index (χ0) is 21.8. The van der Waals surface area contributed by atoms with Gasteiger partial charge in [-0.1, -0.05) is 18.2 Å². The molecular weight excluding hydrogens is 460 g/mol. The van der Waals surface area contributed by atoms with E-state index in [1.807, 2.05) is 0 Å². The van der Waals surface area contributed by atoms with Crippen molar-refractivity contribution in [2.24, 2.45) is 0 Å². The standard InChI is InChI=1S/C20H18N2O6S3/c23-19(21-10-13-5-6-14-15(9-13)28-12-27-14)20(24)22-11-17(16-3-1-7-29-16)31(25,26)18-4-2-8-30-18/h1-9,17H,10-12H2,(H,21,23)(H,22,24). The van der Waals surface area contributed by atoms with Gasteiger partial charge in [-0.25, -0.2) is 8.42 Å². The van der Waals surface area contributed by atoms with Gasteiger partial charge in [0.2, 0.25) is 6.79 Å². The average molecular weight is 479 g/mol. The Labute approximate surface area is 186 Å². The summed E-state index contributed by atoms with van der Waals surface area (Å²) in [5.74, 6) is -0.548. The Bertz CT molecular complexity index is 1170. The first kappa shape index (κ1) is 21.3. The lowest BCUT2D eigenvalue weighted by molar-refractivity contribution is -0.139. The summed E-state index contributed by atoms with van der Waals surface area (Å²) in [5.41, 5.74) is 0.738. The minimum atomic E-state index is -3.71. The predicted molar refractivity (Wildman–Crippen MR) is 116 cm³/mol. The van der Waals surface area contributed by atoms with E-state index in [0.717, 1.165) is 16.9 Å². The molecule has 0 saturated carbocycles. The highest BCUT2D eigenvalue weighted by molar-refractivity contribution is 7.93. The molecule has 0 bridgehead atoms. The Kier molecular flexibility index (Phi) is 6.25. The number of fused-ring (bicyclic) bond motifs is 1. The molecule has 2 N–H and O–H groups in total. The summed E-state index contributed by atoms with van der Waals surface area (Å²) >= 11 is 2.40. The molecule has 0 aliphatic carbocycles. The first-order valence-corrected chi connectivity index (χ1v) is 12.5. The molecule has 1 aromatic carbocycles. The summed E-state index contributed by atoms with van der Waals surface area (Å²) in [7, 11) is -3.71. The summed E-state index contributed by atoms with van der Waals surface area (Å²) < 4.78 is 36.8. The topological polar surface area (TPSA) is 111 Å². The number of nitrogens with one attached hydrogen (secondary N) is 2. The minimum absolute atomic E-state index is 0.116. The zero-order valence-electron chi connectivity index (χ0n) is 16.1. The fraction of sp³-hybridized carbons (Fsp3) is 0.200. The van der Waals surface area contributed by atoms with Crippen LogP contribution in [0.4, 0.5) is 0 Å². The molecule has 8 nitrogen and oxygen atoms in total.